The minimum atomic E-state index is -2.89. The van der Waals surface area contributed by atoms with Crippen molar-refractivity contribution in [1.29, 1.82) is 0 Å². The summed E-state index contributed by atoms with van der Waals surface area (Å²) in [6.07, 6.45) is 3.33. The highest BCUT2D eigenvalue weighted by molar-refractivity contribution is 7.80. The molecule has 2 N–H and O–H groups in total. The van der Waals surface area contributed by atoms with Gasteiger partial charge in [0.15, 0.2) is 0 Å². The van der Waals surface area contributed by atoms with Gasteiger partial charge in [-0.15, -0.1) is 0 Å². The van der Waals surface area contributed by atoms with Crippen LogP contribution in [0.25, 0.3) is 0 Å². The third-order valence-corrected chi connectivity index (χ3v) is 10.1. The fourth-order valence-electron chi connectivity index (χ4n) is 3.53. The molecule has 136 valence electrons. The molecule has 0 aliphatic carbocycles. The highest BCUT2D eigenvalue weighted by Crippen LogP contribution is 2.40. The second-order valence-corrected chi connectivity index (χ2v) is 11.7. The third kappa shape index (κ3) is 4.76. The molecule has 0 aromatic heterocycles. The number of unbranched alkanes of at least 4 members (excludes halogenated alkanes) is 1. The summed E-state index contributed by atoms with van der Waals surface area (Å²) in [6.45, 7) is 4.38. The molecule has 0 fully saturated rings. The van der Waals surface area contributed by atoms with Gasteiger partial charge < -0.3 is 9.90 Å². The molecule has 2 rings (SSSR count). The van der Waals surface area contributed by atoms with Crippen LogP contribution < -0.4 is 10.4 Å². The predicted molar refractivity (Wildman–Crippen MR) is 112 cm³/mol. The molecular weight excluding hydrogens is 344 g/mol. The number of thiol groups is 1. The van der Waals surface area contributed by atoms with Crippen LogP contribution in [0.1, 0.15) is 39.5 Å². The quantitative estimate of drug-likeness (QED) is 0.358. The van der Waals surface area contributed by atoms with Gasteiger partial charge in [-0.3, -0.25) is 0 Å². The van der Waals surface area contributed by atoms with E-state index in [-0.39, 0.29) is 11.1 Å². The topological polar surface area (TPSA) is 40.5 Å². The SMILES string of the molecule is CC(C)(CCCCC(O)CS)[Si](O)(c1ccccc1)c1ccccc1. The van der Waals surface area contributed by atoms with Crippen LogP contribution >= 0.6 is 12.6 Å². The summed E-state index contributed by atoms with van der Waals surface area (Å²) in [5, 5.41) is 11.6. The van der Waals surface area contributed by atoms with Gasteiger partial charge >= 0.3 is 0 Å². The van der Waals surface area contributed by atoms with E-state index in [4.69, 9.17) is 0 Å². The van der Waals surface area contributed by atoms with Gasteiger partial charge in [-0.25, -0.2) is 0 Å². The van der Waals surface area contributed by atoms with Crippen LogP contribution in [0.2, 0.25) is 5.04 Å². The molecule has 0 aliphatic rings. The average molecular weight is 375 g/mol. The Morgan fingerprint density at radius 3 is 1.84 bits per heavy atom. The largest absolute Gasteiger partial charge is 0.424 e. The summed E-state index contributed by atoms with van der Waals surface area (Å²) in [6, 6.07) is 20.3. The van der Waals surface area contributed by atoms with Gasteiger partial charge in [0.1, 0.15) is 0 Å². The molecule has 0 amide bonds. The molecule has 2 aromatic carbocycles. The first kappa shape index (κ1) is 20.2. The van der Waals surface area contributed by atoms with Crippen LogP contribution in [0.15, 0.2) is 60.7 Å². The maximum Gasteiger partial charge on any atom is 0.258 e. The lowest BCUT2D eigenvalue weighted by Gasteiger charge is -2.41. The average Bonchev–Trinajstić information content (AvgIpc) is 2.65. The minimum Gasteiger partial charge on any atom is -0.424 e. The van der Waals surface area contributed by atoms with Crippen LogP contribution in [-0.4, -0.2) is 30.1 Å². The van der Waals surface area contributed by atoms with Gasteiger partial charge in [-0.05, 0) is 28.3 Å². The zero-order chi connectivity index (χ0) is 18.3. The summed E-state index contributed by atoms with van der Waals surface area (Å²) in [5.74, 6) is 0.510. The van der Waals surface area contributed by atoms with Crippen molar-refractivity contribution in [3.63, 3.8) is 0 Å². The molecule has 2 nitrogen and oxygen atoms in total. The van der Waals surface area contributed by atoms with E-state index < -0.39 is 8.32 Å². The number of benzene rings is 2. The lowest BCUT2D eigenvalue weighted by Crippen LogP contribution is -2.65. The number of rotatable bonds is 9. The molecule has 0 spiro atoms. The van der Waals surface area contributed by atoms with Crippen molar-refractivity contribution in [3.8, 4) is 0 Å². The highest BCUT2D eigenvalue weighted by Gasteiger charge is 2.49. The van der Waals surface area contributed by atoms with Crippen LogP contribution in [0.4, 0.5) is 0 Å². The van der Waals surface area contributed by atoms with E-state index in [0.29, 0.717) is 5.75 Å². The Kier molecular flexibility index (Phi) is 7.32. The van der Waals surface area contributed by atoms with Gasteiger partial charge in [-0.2, -0.15) is 12.6 Å². The first-order valence-corrected chi connectivity index (χ1v) is 11.6. The maximum atomic E-state index is 12.0. The molecule has 0 heterocycles. The van der Waals surface area contributed by atoms with Crippen molar-refractivity contribution in [2.75, 3.05) is 5.75 Å². The van der Waals surface area contributed by atoms with Crippen LogP contribution in [0.3, 0.4) is 0 Å². The van der Waals surface area contributed by atoms with Crippen LogP contribution in [-0.2, 0) is 0 Å². The second kappa shape index (κ2) is 9.04. The summed E-state index contributed by atoms with van der Waals surface area (Å²) in [7, 11) is -2.89. The van der Waals surface area contributed by atoms with E-state index in [1.165, 1.54) is 0 Å². The Morgan fingerprint density at radius 1 is 0.920 bits per heavy atom. The Bertz CT molecular complexity index is 591. The fourth-order valence-corrected chi connectivity index (χ4v) is 7.49. The molecular formula is C21H30O2SSi. The number of aliphatic hydroxyl groups excluding tert-OH is 1. The van der Waals surface area contributed by atoms with Crippen molar-refractivity contribution in [2.45, 2.75) is 50.7 Å². The van der Waals surface area contributed by atoms with E-state index in [0.717, 1.165) is 36.1 Å². The standard InChI is InChI=1S/C21H30O2SSi/c1-21(2,16-10-9-11-18(22)17-24)25(23,19-12-5-3-6-13-19)20-14-7-4-8-15-20/h3-8,12-15,18,22-24H,9-11,16-17H2,1-2H3. The second-order valence-electron chi connectivity index (χ2n) is 7.41. The zero-order valence-corrected chi connectivity index (χ0v) is 17.1. The smallest absolute Gasteiger partial charge is 0.258 e. The fraction of sp³-hybridized carbons (Fsp3) is 0.429. The molecule has 0 saturated carbocycles. The van der Waals surface area contributed by atoms with Crippen LogP contribution in [0, 0.1) is 0 Å². The monoisotopic (exact) mass is 374 g/mol. The molecule has 25 heavy (non-hydrogen) atoms. The van der Waals surface area contributed by atoms with E-state index >= 15 is 0 Å². The molecule has 4 heteroatoms. The lowest BCUT2D eigenvalue weighted by molar-refractivity contribution is 0.184. The summed E-state index contributed by atoms with van der Waals surface area (Å²) >= 11 is 4.13. The third-order valence-electron chi connectivity index (χ3n) is 5.16. The molecule has 0 bridgehead atoms. The van der Waals surface area contributed by atoms with Crippen molar-refractivity contribution < 1.29 is 9.90 Å². The molecule has 0 saturated heterocycles. The van der Waals surface area contributed by atoms with Crippen molar-refractivity contribution in [3.05, 3.63) is 60.7 Å². The van der Waals surface area contributed by atoms with E-state index in [2.05, 4.69) is 50.7 Å². The van der Waals surface area contributed by atoms with E-state index in [1.54, 1.807) is 0 Å². The zero-order valence-electron chi connectivity index (χ0n) is 15.2. The van der Waals surface area contributed by atoms with Crippen molar-refractivity contribution >= 4 is 31.3 Å². The number of hydrogen-bond acceptors (Lipinski definition) is 3. The van der Waals surface area contributed by atoms with Gasteiger partial charge in [0.2, 0.25) is 0 Å². The molecule has 0 aliphatic heterocycles. The Balaban J connectivity index is 2.26. The molecule has 1 atom stereocenters. The maximum absolute atomic E-state index is 12.0. The van der Waals surface area contributed by atoms with Crippen molar-refractivity contribution in [1.82, 2.24) is 0 Å². The first-order chi connectivity index (χ1) is 11.9. The molecule has 2 aromatic rings. The normalized spacial score (nSPS) is 13.6. The van der Waals surface area contributed by atoms with Crippen molar-refractivity contribution in [2.24, 2.45) is 0 Å². The first-order valence-electron chi connectivity index (χ1n) is 9.04. The summed E-state index contributed by atoms with van der Waals surface area (Å²) in [5.41, 5.74) is 0. The Hall–Kier alpha value is -1.07. The summed E-state index contributed by atoms with van der Waals surface area (Å²) < 4.78 is 0. The Morgan fingerprint density at radius 2 is 1.40 bits per heavy atom. The van der Waals surface area contributed by atoms with Gasteiger partial charge in [0.05, 0.1) is 6.10 Å². The molecule has 0 radical (unpaired) electrons. The van der Waals surface area contributed by atoms with E-state index in [9.17, 15) is 9.90 Å². The van der Waals surface area contributed by atoms with E-state index in [1.807, 2.05) is 36.4 Å². The predicted octanol–water partition coefficient (Wildman–Crippen LogP) is 3.37. The summed E-state index contributed by atoms with van der Waals surface area (Å²) in [4.78, 5) is 12.0. The number of hydrogen-bond donors (Lipinski definition) is 3. The van der Waals surface area contributed by atoms with Gasteiger partial charge in [0.25, 0.3) is 8.32 Å². The lowest BCUT2D eigenvalue weighted by atomic mass is 10.0. The van der Waals surface area contributed by atoms with Gasteiger partial charge in [0, 0.05) is 5.75 Å². The highest BCUT2D eigenvalue weighted by atomic mass is 32.1. The molecule has 1 unspecified atom stereocenters. The Labute approximate surface area is 158 Å². The van der Waals surface area contributed by atoms with Crippen LogP contribution in [0.5, 0.6) is 0 Å². The minimum absolute atomic E-state index is 0.207. The van der Waals surface area contributed by atoms with Gasteiger partial charge in [-0.1, -0.05) is 87.4 Å². The number of aliphatic hydroxyl groups is 1.